The van der Waals surface area contributed by atoms with Gasteiger partial charge in [-0.15, -0.1) is 0 Å². The van der Waals surface area contributed by atoms with Crippen LogP contribution in [0.4, 0.5) is 0 Å². The average Bonchev–Trinajstić information content (AvgIpc) is 2.23. The predicted molar refractivity (Wildman–Crippen MR) is 74.7 cm³/mol. The van der Waals surface area contributed by atoms with E-state index in [0.29, 0.717) is 5.92 Å². The van der Waals surface area contributed by atoms with Crippen molar-refractivity contribution >= 4 is 0 Å². The van der Waals surface area contributed by atoms with Gasteiger partial charge < -0.3 is 5.32 Å². The van der Waals surface area contributed by atoms with Crippen molar-refractivity contribution in [3.05, 3.63) is 23.8 Å². The van der Waals surface area contributed by atoms with Gasteiger partial charge in [0, 0.05) is 6.54 Å². The maximum Gasteiger partial charge on any atom is 0.00116 e. The molecule has 0 bridgehead atoms. The molecule has 0 aromatic rings. The van der Waals surface area contributed by atoms with Gasteiger partial charge in [0.15, 0.2) is 0 Å². The summed E-state index contributed by atoms with van der Waals surface area (Å²) in [5, 5.41) is 3.52. The molecule has 0 aromatic heterocycles. The number of hydrogen-bond acceptors (Lipinski definition) is 1. The zero-order valence-electron chi connectivity index (χ0n) is 11.7. The van der Waals surface area contributed by atoms with Gasteiger partial charge in [0.05, 0.1) is 0 Å². The van der Waals surface area contributed by atoms with Gasteiger partial charge in [-0.2, -0.15) is 0 Å². The first-order valence-corrected chi connectivity index (χ1v) is 6.58. The first kappa shape index (κ1) is 15.4. The largest absolute Gasteiger partial charge is 0.316 e. The molecule has 0 fully saturated rings. The molecule has 94 valence electrons. The van der Waals surface area contributed by atoms with Crippen molar-refractivity contribution in [1.29, 1.82) is 0 Å². The van der Waals surface area contributed by atoms with Crippen LogP contribution in [0.15, 0.2) is 23.8 Å². The summed E-state index contributed by atoms with van der Waals surface area (Å²) in [5.74, 6) is 1.47. The second-order valence-electron chi connectivity index (χ2n) is 5.11. The van der Waals surface area contributed by atoms with Crippen LogP contribution in [-0.2, 0) is 0 Å². The number of hydrogen-bond donors (Lipinski definition) is 1. The van der Waals surface area contributed by atoms with Gasteiger partial charge >= 0.3 is 0 Å². The normalized spacial score (nSPS) is 15.1. The third kappa shape index (κ3) is 9.97. The number of rotatable bonds is 8. The van der Waals surface area contributed by atoms with E-state index >= 15 is 0 Å². The molecule has 0 radical (unpaired) electrons. The highest BCUT2D eigenvalue weighted by atomic mass is 14.8. The van der Waals surface area contributed by atoms with Gasteiger partial charge in [-0.05, 0) is 38.6 Å². The number of allylic oxidation sites excluding steroid dienone is 3. The summed E-state index contributed by atoms with van der Waals surface area (Å²) in [6.07, 6.45) is 9.17. The van der Waals surface area contributed by atoms with Crippen LogP contribution in [0, 0.1) is 11.8 Å². The standard InChI is InChI=1S/C15H29N/c1-6-14(4)10-11-16-12-15(5)9-7-8-13(2)3/h7-9,14-16H,6,10-12H2,1-5H3/b9-7-. The summed E-state index contributed by atoms with van der Waals surface area (Å²) in [5.41, 5.74) is 1.35. The van der Waals surface area contributed by atoms with E-state index in [1.54, 1.807) is 0 Å². The topological polar surface area (TPSA) is 12.0 Å². The minimum atomic E-state index is 0.618. The molecule has 2 unspecified atom stereocenters. The predicted octanol–water partition coefficient (Wildman–Crippen LogP) is 4.17. The molecule has 0 aliphatic rings. The number of nitrogens with one attached hydrogen (secondary N) is 1. The Hall–Kier alpha value is -0.560. The van der Waals surface area contributed by atoms with Crippen molar-refractivity contribution in [2.24, 2.45) is 11.8 Å². The smallest absolute Gasteiger partial charge is 0.00116 e. The van der Waals surface area contributed by atoms with Gasteiger partial charge in [-0.25, -0.2) is 0 Å². The monoisotopic (exact) mass is 223 g/mol. The van der Waals surface area contributed by atoms with Crippen LogP contribution in [-0.4, -0.2) is 13.1 Å². The molecule has 0 heterocycles. The Kier molecular flexibility index (Phi) is 9.31. The molecule has 0 aromatic carbocycles. The molecule has 0 saturated heterocycles. The van der Waals surface area contributed by atoms with Gasteiger partial charge in [0.2, 0.25) is 0 Å². The van der Waals surface area contributed by atoms with Gasteiger partial charge in [0.25, 0.3) is 0 Å². The molecular formula is C15H29N. The van der Waals surface area contributed by atoms with E-state index in [1.807, 2.05) is 0 Å². The molecule has 1 N–H and O–H groups in total. The second kappa shape index (κ2) is 9.65. The van der Waals surface area contributed by atoms with E-state index in [4.69, 9.17) is 0 Å². The first-order chi connectivity index (χ1) is 7.56. The lowest BCUT2D eigenvalue weighted by atomic mass is 10.1. The quantitative estimate of drug-likeness (QED) is 0.481. The van der Waals surface area contributed by atoms with E-state index in [2.05, 4.69) is 58.2 Å². The van der Waals surface area contributed by atoms with Crippen molar-refractivity contribution in [1.82, 2.24) is 5.32 Å². The zero-order valence-corrected chi connectivity index (χ0v) is 11.7. The van der Waals surface area contributed by atoms with Crippen molar-refractivity contribution in [2.75, 3.05) is 13.1 Å². The van der Waals surface area contributed by atoms with Crippen LogP contribution in [0.1, 0.15) is 47.5 Å². The Morgan fingerprint density at radius 1 is 1.25 bits per heavy atom. The fraction of sp³-hybridized carbons (Fsp3) is 0.733. The summed E-state index contributed by atoms with van der Waals surface area (Å²) in [6, 6.07) is 0. The molecule has 0 aliphatic heterocycles. The SMILES string of the molecule is CCC(C)CCNCC(C)/C=C\C=C(C)C. The third-order valence-electron chi connectivity index (χ3n) is 2.85. The maximum absolute atomic E-state index is 3.52. The molecule has 0 rings (SSSR count). The molecule has 2 atom stereocenters. The Morgan fingerprint density at radius 2 is 1.94 bits per heavy atom. The molecule has 1 nitrogen and oxygen atoms in total. The van der Waals surface area contributed by atoms with Crippen molar-refractivity contribution in [3.63, 3.8) is 0 Å². The molecule has 0 aliphatic carbocycles. The summed E-state index contributed by atoms with van der Waals surface area (Å²) in [6.45, 7) is 13.3. The lowest BCUT2D eigenvalue weighted by Gasteiger charge is -2.11. The Bertz CT molecular complexity index is 211. The third-order valence-corrected chi connectivity index (χ3v) is 2.85. The van der Waals surface area contributed by atoms with Crippen LogP contribution in [0.3, 0.4) is 0 Å². The summed E-state index contributed by atoms with van der Waals surface area (Å²) >= 11 is 0. The molecule has 0 amide bonds. The average molecular weight is 223 g/mol. The molecular weight excluding hydrogens is 194 g/mol. The van der Waals surface area contributed by atoms with Crippen LogP contribution < -0.4 is 5.32 Å². The minimum absolute atomic E-state index is 0.618. The van der Waals surface area contributed by atoms with E-state index in [-0.39, 0.29) is 0 Å². The lowest BCUT2D eigenvalue weighted by molar-refractivity contribution is 0.476. The van der Waals surface area contributed by atoms with Gasteiger partial charge in [-0.1, -0.05) is 51.0 Å². The van der Waals surface area contributed by atoms with E-state index in [9.17, 15) is 0 Å². The van der Waals surface area contributed by atoms with Crippen molar-refractivity contribution < 1.29 is 0 Å². The fourth-order valence-electron chi connectivity index (χ4n) is 1.39. The Labute approximate surface area is 102 Å². The van der Waals surface area contributed by atoms with E-state index < -0.39 is 0 Å². The van der Waals surface area contributed by atoms with Gasteiger partial charge in [0.1, 0.15) is 0 Å². The van der Waals surface area contributed by atoms with Crippen molar-refractivity contribution in [2.45, 2.75) is 47.5 Å². The Morgan fingerprint density at radius 3 is 2.50 bits per heavy atom. The lowest BCUT2D eigenvalue weighted by Crippen LogP contribution is -2.22. The van der Waals surface area contributed by atoms with Gasteiger partial charge in [-0.3, -0.25) is 0 Å². The van der Waals surface area contributed by atoms with Crippen LogP contribution in [0.2, 0.25) is 0 Å². The summed E-state index contributed by atoms with van der Waals surface area (Å²) in [7, 11) is 0. The first-order valence-electron chi connectivity index (χ1n) is 6.58. The summed E-state index contributed by atoms with van der Waals surface area (Å²) in [4.78, 5) is 0. The van der Waals surface area contributed by atoms with Crippen LogP contribution >= 0.6 is 0 Å². The zero-order chi connectivity index (χ0) is 12.4. The maximum atomic E-state index is 3.52. The van der Waals surface area contributed by atoms with E-state index in [0.717, 1.165) is 19.0 Å². The highest BCUT2D eigenvalue weighted by molar-refractivity contribution is 5.09. The van der Waals surface area contributed by atoms with Crippen molar-refractivity contribution in [3.8, 4) is 0 Å². The fourth-order valence-corrected chi connectivity index (χ4v) is 1.39. The molecule has 0 saturated carbocycles. The molecule has 1 heteroatoms. The van der Waals surface area contributed by atoms with Crippen LogP contribution in [0.5, 0.6) is 0 Å². The van der Waals surface area contributed by atoms with E-state index in [1.165, 1.54) is 18.4 Å². The Balaban J connectivity index is 3.54. The molecule has 0 spiro atoms. The van der Waals surface area contributed by atoms with Crippen LogP contribution in [0.25, 0.3) is 0 Å². The highest BCUT2D eigenvalue weighted by Gasteiger charge is 1.99. The molecule has 16 heavy (non-hydrogen) atoms. The summed E-state index contributed by atoms with van der Waals surface area (Å²) < 4.78 is 0. The highest BCUT2D eigenvalue weighted by Crippen LogP contribution is 2.04. The second-order valence-corrected chi connectivity index (χ2v) is 5.11. The minimum Gasteiger partial charge on any atom is -0.316 e.